The summed E-state index contributed by atoms with van der Waals surface area (Å²) in [5, 5.41) is 15.3. The number of nitrogens with one attached hydrogen (secondary N) is 1. The van der Waals surface area contributed by atoms with Gasteiger partial charge in [-0.1, -0.05) is 0 Å². The monoisotopic (exact) mass is 318 g/mol. The Morgan fingerprint density at radius 2 is 2.13 bits per heavy atom. The number of rotatable bonds is 4. The summed E-state index contributed by atoms with van der Waals surface area (Å²) in [6, 6.07) is 1.77. The molecule has 2 N–H and O–H groups in total. The fourth-order valence-corrected chi connectivity index (χ4v) is 2.42. The highest BCUT2D eigenvalue weighted by Gasteiger charge is 2.34. The largest absolute Gasteiger partial charge is 0.475 e. The summed E-state index contributed by atoms with van der Waals surface area (Å²) in [5.41, 5.74) is 0.667. The van der Waals surface area contributed by atoms with Gasteiger partial charge in [-0.3, -0.25) is 14.3 Å². The van der Waals surface area contributed by atoms with Crippen LogP contribution in [0.2, 0.25) is 0 Å². The highest BCUT2D eigenvalue weighted by atomic mass is 16.4. The minimum absolute atomic E-state index is 0.143. The molecule has 9 nitrogen and oxygen atoms in total. The Labute approximate surface area is 130 Å². The summed E-state index contributed by atoms with van der Waals surface area (Å²) in [7, 11) is 1.75. The van der Waals surface area contributed by atoms with Crippen LogP contribution in [0.4, 0.5) is 5.69 Å². The van der Waals surface area contributed by atoms with Gasteiger partial charge in [0, 0.05) is 19.8 Å². The van der Waals surface area contributed by atoms with Crippen molar-refractivity contribution in [3.05, 3.63) is 36.0 Å². The Balaban J connectivity index is 1.67. The lowest BCUT2D eigenvalue weighted by atomic mass is 10.2. The van der Waals surface area contributed by atoms with Gasteiger partial charge in [0.25, 0.3) is 5.91 Å². The van der Waals surface area contributed by atoms with Gasteiger partial charge in [-0.25, -0.2) is 4.79 Å². The van der Waals surface area contributed by atoms with E-state index in [1.165, 1.54) is 12.1 Å². The molecule has 3 heterocycles. The number of hydrogen-bond donors (Lipinski definition) is 2. The third kappa shape index (κ3) is 2.80. The number of carbonyl (C=O) groups excluding carboxylic acids is 2. The fourth-order valence-electron chi connectivity index (χ4n) is 2.42. The van der Waals surface area contributed by atoms with Crippen molar-refractivity contribution >= 4 is 23.5 Å². The van der Waals surface area contributed by atoms with Crippen LogP contribution in [0.15, 0.2) is 28.9 Å². The number of nitrogens with zero attached hydrogens (tertiary/aromatic N) is 3. The average molecular weight is 318 g/mol. The maximum atomic E-state index is 12.3. The third-order valence-corrected chi connectivity index (χ3v) is 3.55. The molecule has 2 aromatic rings. The molecular weight excluding hydrogens is 304 g/mol. The van der Waals surface area contributed by atoms with E-state index in [1.807, 2.05) is 0 Å². The molecule has 0 radical (unpaired) electrons. The van der Waals surface area contributed by atoms with E-state index in [1.54, 1.807) is 29.0 Å². The lowest BCUT2D eigenvalue weighted by Crippen LogP contribution is -2.41. The first kappa shape index (κ1) is 14.8. The minimum atomic E-state index is -1.26. The molecular formula is C14H14N4O5. The van der Waals surface area contributed by atoms with Crippen LogP contribution in [0.3, 0.4) is 0 Å². The number of furan rings is 1. The molecule has 1 aliphatic heterocycles. The first-order chi connectivity index (χ1) is 11.0. The lowest BCUT2D eigenvalue weighted by Gasteiger charge is -2.14. The van der Waals surface area contributed by atoms with Crippen molar-refractivity contribution in [3.8, 4) is 0 Å². The van der Waals surface area contributed by atoms with Crippen LogP contribution in [-0.2, 0) is 11.8 Å². The highest BCUT2D eigenvalue weighted by molar-refractivity contribution is 6.03. The molecule has 1 fully saturated rings. The van der Waals surface area contributed by atoms with Gasteiger partial charge >= 0.3 is 5.97 Å². The number of amides is 2. The summed E-state index contributed by atoms with van der Waals surface area (Å²) in [6.45, 7) is 0.466. The number of carbonyl (C=O) groups is 3. The Morgan fingerprint density at radius 1 is 1.39 bits per heavy atom. The summed E-state index contributed by atoms with van der Waals surface area (Å²) < 4.78 is 6.51. The number of carboxylic acid groups (broad SMARTS) is 1. The van der Waals surface area contributed by atoms with Gasteiger partial charge in [0.2, 0.25) is 11.7 Å². The normalized spacial score (nSPS) is 17.5. The molecule has 1 unspecified atom stereocenters. The maximum absolute atomic E-state index is 12.3. The molecule has 0 saturated carbocycles. The topological polar surface area (TPSA) is 118 Å². The SMILES string of the molecule is Cn1cc(N2CCC(NC(=O)c3ccc(C(=O)O)o3)C2=O)cn1. The van der Waals surface area contributed by atoms with Gasteiger partial charge < -0.3 is 19.7 Å². The molecule has 0 bridgehead atoms. The van der Waals surface area contributed by atoms with E-state index in [-0.39, 0.29) is 17.4 Å². The zero-order chi connectivity index (χ0) is 16.6. The molecule has 1 saturated heterocycles. The van der Waals surface area contributed by atoms with Crippen molar-refractivity contribution in [1.29, 1.82) is 0 Å². The van der Waals surface area contributed by atoms with Crippen molar-refractivity contribution in [1.82, 2.24) is 15.1 Å². The van der Waals surface area contributed by atoms with Gasteiger partial charge in [0.05, 0.1) is 11.9 Å². The van der Waals surface area contributed by atoms with E-state index in [0.717, 1.165) is 0 Å². The van der Waals surface area contributed by atoms with Crippen LogP contribution >= 0.6 is 0 Å². The second kappa shape index (κ2) is 5.59. The predicted molar refractivity (Wildman–Crippen MR) is 77.1 cm³/mol. The average Bonchev–Trinajstić information content (AvgIpc) is 3.20. The van der Waals surface area contributed by atoms with Crippen molar-refractivity contribution < 1.29 is 23.9 Å². The summed E-state index contributed by atoms with van der Waals surface area (Å²) in [6.07, 6.45) is 3.74. The Bertz CT molecular complexity index is 778. The number of hydrogen-bond acceptors (Lipinski definition) is 5. The van der Waals surface area contributed by atoms with Crippen molar-refractivity contribution in [2.24, 2.45) is 7.05 Å². The Kier molecular flexibility index (Phi) is 3.61. The minimum Gasteiger partial charge on any atom is -0.475 e. The number of aromatic nitrogens is 2. The van der Waals surface area contributed by atoms with E-state index in [9.17, 15) is 14.4 Å². The maximum Gasteiger partial charge on any atom is 0.371 e. The van der Waals surface area contributed by atoms with Crippen LogP contribution < -0.4 is 10.2 Å². The molecule has 1 aliphatic rings. The van der Waals surface area contributed by atoms with Crippen molar-refractivity contribution in [2.45, 2.75) is 12.5 Å². The van der Waals surface area contributed by atoms with Crippen LogP contribution in [0.5, 0.6) is 0 Å². The van der Waals surface area contributed by atoms with Crippen LogP contribution in [0.1, 0.15) is 27.5 Å². The van der Waals surface area contributed by atoms with Gasteiger partial charge in [0.1, 0.15) is 6.04 Å². The zero-order valence-corrected chi connectivity index (χ0v) is 12.2. The van der Waals surface area contributed by atoms with E-state index in [4.69, 9.17) is 9.52 Å². The van der Waals surface area contributed by atoms with Crippen LogP contribution in [-0.4, -0.2) is 45.3 Å². The fraction of sp³-hybridized carbons (Fsp3) is 0.286. The van der Waals surface area contributed by atoms with Crippen LogP contribution in [0, 0.1) is 0 Å². The van der Waals surface area contributed by atoms with Crippen molar-refractivity contribution in [3.63, 3.8) is 0 Å². The van der Waals surface area contributed by atoms with Gasteiger partial charge in [-0.05, 0) is 18.6 Å². The zero-order valence-electron chi connectivity index (χ0n) is 12.2. The van der Waals surface area contributed by atoms with E-state index in [2.05, 4.69) is 10.4 Å². The smallest absolute Gasteiger partial charge is 0.371 e. The van der Waals surface area contributed by atoms with Gasteiger partial charge in [-0.2, -0.15) is 5.10 Å². The summed E-state index contributed by atoms with van der Waals surface area (Å²) in [5.74, 6) is -2.59. The molecule has 0 spiro atoms. The second-order valence-corrected chi connectivity index (χ2v) is 5.15. The summed E-state index contributed by atoms with van der Waals surface area (Å²) in [4.78, 5) is 36.7. The molecule has 2 aromatic heterocycles. The Hall–Kier alpha value is -3.10. The molecule has 2 amide bonds. The van der Waals surface area contributed by atoms with Crippen molar-refractivity contribution in [2.75, 3.05) is 11.4 Å². The third-order valence-electron chi connectivity index (χ3n) is 3.55. The Morgan fingerprint density at radius 3 is 2.74 bits per heavy atom. The number of carboxylic acids is 1. The molecule has 1 atom stereocenters. The molecule has 23 heavy (non-hydrogen) atoms. The van der Waals surface area contributed by atoms with Gasteiger partial charge in [-0.15, -0.1) is 0 Å². The molecule has 3 rings (SSSR count). The molecule has 0 aromatic carbocycles. The number of anilines is 1. The molecule has 0 aliphatic carbocycles. The summed E-state index contributed by atoms with van der Waals surface area (Å²) >= 11 is 0. The van der Waals surface area contributed by atoms with Gasteiger partial charge in [0.15, 0.2) is 5.76 Å². The number of aryl methyl sites for hydroxylation is 1. The van der Waals surface area contributed by atoms with E-state index < -0.39 is 17.9 Å². The highest BCUT2D eigenvalue weighted by Crippen LogP contribution is 2.21. The standard InChI is InChI=1S/C14H14N4O5/c1-17-7-8(6-15-17)18-5-4-9(13(18)20)16-12(19)10-2-3-11(23-10)14(21)22/h2-3,6-7,9H,4-5H2,1H3,(H,16,19)(H,21,22). The first-order valence-electron chi connectivity index (χ1n) is 6.89. The second-order valence-electron chi connectivity index (χ2n) is 5.15. The van der Waals surface area contributed by atoms with E-state index in [0.29, 0.717) is 18.7 Å². The molecule has 120 valence electrons. The predicted octanol–water partition coefficient (Wildman–Crippen LogP) is 0.247. The molecule has 9 heteroatoms. The number of aromatic carboxylic acids is 1. The lowest BCUT2D eigenvalue weighted by molar-refractivity contribution is -0.118. The van der Waals surface area contributed by atoms with E-state index >= 15 is 0 Å². The van der Waals surface area contributed by atoms with Crippen LogP contribution in [0.25, 0.3) is 0 Å². The first-order valence-corrected chi connectivity index (χ1v) is 6.89. The quantitative estimate of drug-likeness (QED) is 0.834.